The van der Waals surface area contributed by atoms with Gasteiger partial charge in [-0.15, -0.1) is 0 Å². The van der Waals surface area contributed by atoms with Crippen molar-refractivity contribution in [3.8, 4) is 0 Å². The Balaban J connectivity index is 2.07. The summed E-state index contributed by atoms with van der Waals surface area (Å²) in [4.78, 5) is 6.94. The second-order valence-corrected chi connectivity index (χ2v) is 4.86. The summed E-state index contributed by atoms with van der Waals surface area (Å²) in [6.45, 7) is 6.85. The Kier molecular flexibility index (Phi) is 3.06. The van der Waals surface area contributed by atoms with Gasteiger partial charge in [0.25, 0.3) is 0 Å². The zero-order valence-electron chi connectivity index (χ0n) is 9.90. The second kappa shape index (κ2) is 4.31. The summed E-state index contributed by atoms with van der Waals surface area (Å²) in [5.74, 6) is 1.38. The van der Waals surface area contributed by atoms with E-state index in [1.165, 1.54) is 30.8 Å². The molecule has 0 spiro atoms. The first-order chi connectivity index (χ1) is 7.16. The van der Waals surface area contributed by atoms with Gasteiger partial charge < -0.3 is 4.90 Å². The van der Waals surface area contributed by atoms with Crippen LogP contribution in [0.5, 0.6) is 0 Å². The van der Waals surface area contributed by atoms with Gasteiger partial charge in [-0.2, -0.15) is 0 Å². The van der Waals surface area contributed by atoms with Gasteiger partial charge >= 0.3 is 0 Å². The number of pyridine rings is 1. The maximum atomic E-state index is 4.53. The van der Waals surface area contributed by atoms with E-state index in [4.69, 9.17) is 0 Å². The van der Waals surface area contributed by atoms with Gasteiger partial charge in [0, 0.05) is 24.4 Å². The molecule has 0 amide bonds. The van der Waals surface area contributed by atoms with Crippen LogP contribution < -0.4 is 0 Å². The molecule has 0 aromatic carbocycles. The number of aryl methyl sites for hydroxylation is 1. The number of likely N-dealkylation sites (tertiary alicyclic amines) is 1. The smallest absolute Gasteiger partial charge is 0.0435 e. The quantitative estimate of drug-likeness (QED) is 0.735. The molecule has 1 fully saturated rings. The monoisotopic (exact) mass is 204 g/mol. The molecule has 1 aliphatic heterocycles. The van der Waals surface area contributed by atoms with Crippen LogP contribution in [0.4, 0.5) is 0 Å². The molecule has 1 aliphatic rings. The summed E-state index contributed by atoms with van der Waals surface area (Å²) >= 11 is 0. The summed E-state index contributed by atoms with van der Waals surface area (Å²) in [5.41, 5.74) is 2.50. The van der Waals surface area contributed by atoms with Crippen molar-refractivity contribution in [2.75, 3.05) is 20.1 Å². The SMILES string of the molecule is Cc1ccc(C(C)C2CCN(C)C2)nc1. The molecule has 1 aromatic heterocycles. The van der Waals surface area contributed by atoms with E-state index in [9.17, 15) is 0 Å². The van der Waals surface area contributed by atoms with Gasteiger partial charge in [-0.05, 0) is 44.5 Å². The zero-order valence-corrected chi connectivity index (χ0v) is 9.90. The number of hydrogen-bond acceptors (Lipinski definition) is 2. The number of aromatic nitrogens is 1. The third-order valence-corrected chi connectivity index (χ3v) is 3.54. The third-order valence-electron chi connectivity index (χ3n) is 3.54. The molecule has 15 heavy (non-hydrogen) atoms. The lowest BCUT2D eigenvalue weighted by atomic mass is 9.90. The predicted octanol–water partition coefficient (Wildman–Crippen LogP) is 2.45. The molecule has 1 aromatic rings. The fourth-order valence-corrected chi connectivity index (χ4v) is 2.37. The van der Waals surface area contributed by atoms with Gasteiger partial charge in [0.2, 0.25) is 0 Å². The minimum absolute atomic E-state index is 0.593. The van der Waals surface area contributed by atoms with Crippen molar-refractivity contribution in [2.45, 2.75) is 26.2 Å². The van der Waals surface area contributed by atoms with E-state index < -0.39 is 0 Å². The van der Waals surface area contributed by atoms with Gasteiger partial charge in [-0.1, -0.05) is 13.0 Å². The van der Waals surface area contributed by atoms with Gasteiger partial charge in [0.15, 0.2) is 0 Å². The third kappa shape index (κ3) is 2.37. The number of nitrogens with zero attached hydrogens (tertiary/aromatic N) is 2. The van der Waals surface area contributed by atoms with E-state index in [0.717, 1.165) is 5.92 Å². The van der Waals surface area contributed by atoms with Crippen LogP contribution in [0.25, 0.3) is 0 Å². The van der Waals surface area contributed by atoms with Crippen molar-refractivity contribution in [3.63, 3.8) is 0 Å². The van der Waals surface area contributed by atoms with E-state index in [1.54, 1.807) is 0 Å². The van der Waals surface area contributed by atoms with Crippen LogP contribution in [0.2, 0.25) is 0 Å². The van der Waals surface area contributed by atoms with Crippen LogP contribution >= 0.6 is 0 Å². The van der Waals surface area contributed by atoms with Gasteiger partial charge in [-0.3, -0.25) is 4.98 Å². The Hall–Kier alpha value is -0.890. The topological polar surface area (TPSA) is 16.1 Å². The molecular weight excluding hydrogens is 184 g/mol. The van der Waals surface area contributed by atoms with E-state index in [2.05, 4.69) is 42.9 Å². The highest BCUT2D eigenvalue weighted by atomic mass is 15.1. The lowest BCUT2D eigenvalue weighted by Crippen LogP contribution is -2.17. The lowest BCUT2D eigenvalue weighted by molar-refractivity contribution is 0.375. The van der Waals surface area contributed by atoms with Crippen LogP contribution in [-0.2, 0) is 0 Å². The molecule has 2 heterocycles. The minimum Gasteiger partial charge on any atom is -0.306 e. The summed E-state index contributed by atoms with van der Waals surface area (Å²) in [5, 5.41) is 0. The Bertz CT molecular complexity index is 318. The highest BCUT2D eigenvalue weighted by Crippen LogP contribution is 2.29. The van der Waals surface area contributed by atoms with Gasteiger partial charge in [0.1, 0.15) is 0 Å². The van der Waals surface area contributed by atoms with Crippen LogP contribution in [0.3, 0.4) is 0 Å². The lowest BCUT2D eigenvalue weighted by Gasteiger charge is -2.18. The van der Waals surface area contributed by atoms with Crippen LogP contribution in [-0.4, -0.2) is 30.0 Å². The highest BCUT2D eigenvalue weighted by molar-refractivity contribution is 5.16. The Morgan fingerprint density at radius 3 is 2.80 bits per heavy atom. The van der Waals surface area contributed by atoms with Crippen LogP contribution in [0.15, 0.2) is 18.3 Å². The fraction of sp³-hybridized carbons (Fsp3) is 0.615. The van der Waals surface area contributed by atoms with Gasteiger partial charge in [-0.25, -0.2) is 0 Å². The Labute approximate surface area is 92.3 Å². The fourth-order valence-electron chi connectivity index (χ4n) is 2.37. The molecule has 2 heteroatoms. The summed E-state index contributed by atoms with van der Waals surface area (Å²) in [6.07, 6.45) is 3.29. The summed E-state index contributed by atoms with van der Waals surface area (Å²) in [6, 6.07) is 4.34. The van der Waals surface area contributed by atoms with Crippen molar-refractivity contribution in [1.82, 2.24) is 9.88 Å². The first-order valence-corrected chi connectivity index (χ1v) is 5.78. The number of rotatable bonds is 2. The highest BCUT2D eigenvalue weighted by Gasteiger charge is 2.26. The molecule has 2 atom stereocenters. The van der Waals surface area contributed by atoms with Crippen molar-refractivity contribution in [2.24, 2.45) is 5.92 Å². The number of hydrogen-bond donors (Lipinski definition) is 0. The van der Waals surface area contributed by atoms with Crippen LogP contribution in [0.1, 0.15) is 30.5 Å². The Morgan fingerprint density at radius 2 is 2.27 bits per heavy atom. The molecule has 0 saturated carbocycles. The van der Waals surface area contributed by atoms with E-state index >= 15 is 0 Å². The molecule has 2 nitrogen and oxygen atoms in total. The van der Waals surface area contributed by atoms with Gasteiger partial charge in [0.05, 0.1) is 0 Å². The molecule has 2 unspecified atom stereocenters. The first kappa shape index (κ1) is 10.6. The maximum Gasteiger partial charge on any atom is 0.0435 e. The molecule has 0 bridgehead atoms. The molecule has 82 valence electrons. The maximum absolute atomic E-state index is 4.53. The van der Waals surface area contributed by atoms with E-state index in [-0.39, 0.29) is 0 Å². The summed E-state index contributed by atoms with van der Waals surface area (Å²) < 4.78 is 0. The normalized spacial score (nSPS) is 24.3. The molecule has 0 radical (unpaired) electrons. The van der Waals surface area contributed by atoms with Crippen molar-refractivity contribution in [3.05, 3.63) is 29.6 Å². The van der Waals surface area contributed by atoms with Crippen molar-refractivity contribution in [1.29, 1.82) is 0 Å². The van der Waals surface area contributed by atoms with Crippen molar-refractivity contribution >= 4 is 0 Å². The molecule has 1 saturated heterocycles. The minimum atomic E-state index is 0.593. The average molecular weight is 204 g/mol. The van der Waals surface area contributed by atoms with E-state index in [1.807, 2.05) is 6.20 Å². The molecule has 0 aliphatic carbocycles. The molecule has 0 N–H and O–H groups in total. The van der Waals surface area contributed by atoms with E-state index in [0.29, 0.717) is 5.92 Å². The Morgan fingerprint density at radius 1 is 1.47 bits per heavy atom. The molecule has 2 rings (SSSR count). The predicted molar refractivity (Wildman–Crippen MR) is 63.0 cm³/mol. The summed E-state index contributed by atoms with van der Waals surface area (Å²) in [7, 11) is 2.20. The largest absolute Gasteiger partial charge is 0.306 e. The van der Waals surface area contributed by atoms with Crippen LogP contribution in [0, 0.1) is 12.8 Å². The first-order valence-electron chi connectivity index (χ1n) is 5.78. The standard InChI is InChI=1S/C13H20N2/c1-10-4-5-13(14-8-10)11(2)12-6-7-15(3)9-12/h4-5,8,11-12H,6-7,9H2,1-3H3. The second-order valence-electron chi connectivity index (χ2n) is 4.86. The molecular formula is C13H20N2. The zero-order chi connectivity index (χ0) is 10.8. The average Bonchev–Trinajstić information content (AvgIpc) is 2.65. The van der Waals surface area contributed by atoms with Crippen molar-refractivity contribution < 1.29 is 0 Å².